The number of likely N-dealkylation sites (N-methyl/N-ethyl adjacent to an activating group) is 1. The number of fused-ring (bicyclic) bond motifs is 1. The van der Waals surface area contributed by atoms with Gasteiger partial charge in [-0.3, -0.25) is 9.52 Å². The Morgan fingerprint density at radius 2 is 1.79 bits per heavy atom. The predicted octanol–water partition coefficient (Wildman–Crippen LogP) is 3.17. The third-order valence-electron chi connectivity index (χ3n) is 7.36. The minimum atomic E-state index is -3.92. The molecule has 2 N–H and O–H groups in total. The zero-order chi connectivity index (χ0) is 31.1. The molecule has 2 aromatic carbocycles. The third-order valence-corrected chi connectivity index (χ3v) is 10.0. The van der Waals surface area contributed by atoms with Gasteiger partial charge in [0.05, 0.1) is 41.6 Å². The van der Waals surface area contributed by atoms with Crippen LogP contribution in [0.3, 0.4) is 0 Å². The Kier molecular flexibility index (Phi) is 11.8. The Morgan fingerprint density at radius 1 is 1.10 bits per heavy atom. The Bertz CT molecular complexity index is 1400. The van der Waals surface area contributed by atoms with Gasteiger partial charge in [-0.1, -0.05) is 25.1 Å². The fourth-order valence-corrected chi connectivity index (χ4v) is 6.14. The number of hydrogen-bond donors (Lipinski definition) is 2. The van der Waals surface area contributed by atoms with Gasteiger partial charge in [0, 0.05) is 38.3 Å². The number of amides is 1. The minimum Gasteiger partial charge on any atom is -0.490 e. The van der Waals surface area contributed by atoms with E-state index in [-0.39, 0.29) is 47.9 Å². The molecule has 0 aliphatic carbocycles. The SMILES string of the molecule is C[C@H](CO)N1C[C@H](C)[C@H](CN(C)S(C)(=O)=O)OCCCC[C@H](C)Oc2ccc(NS(=O)(=O)c3ccccc3)cc2C1=O. The van der Waals surface area contributed by atoms with Crippen molar-refractivity contribution in [3.05, 3.63) is 54.1 Å². The van der Waals surface area contributed by atoms with Crippen molar-refractivity contribution in [1.29, 1.82) is 0 Å². The van der Waals surface area contributed by atoms with Gasteiger partial charge in [0.25, 0.3) is 15.9 Å². The number of sulfonamides is 2. The van der Waals surface area contributed by atoms with Crippen LogP contribution in [0.4, 0.5) is 5.69 Å². The summed E-state index contributed by atoms with van der Waals surface area (Å²) in [4.78, 5) is 15.7. The number of rotatable bonds is 8. The van der Waals surface area contributed by atoms with Crippen molar-refractivity contribution in [3.8, 4) is 5.75 Å². The number of ether oxygens (including phenoxy) is 2. The number of carbonyl (C=O) groups is 1. The smallest absolute Gasteiger partial charge is 0.261 e. The van der Waals surface area contributed by atoms with E-state index < -0.39 is 38.1 Å². The molecule has 0 aromatic heterocycles. The highest BCUT2D eigenvalue weighted by molar-refractivity contribution is 7.92. The summed E-state index contributed by atoms with van der Waals surface area (Å²) in [5, 5.41) is 10.1. The molecule has 0 unspecified atom stereocenters. The van der Waals surface area contributed by atoms with Gasteiger partial charge >= 0.3 is 0 Å². The Hall–Kier alpha value is -2.71. The first-order valence-electron chi connectivity index (χ1n) is 14.1. The van der Waals surface area contributed by atoms with Crippen LogP contribution in [0.25, 0.3) is 0 Å². The average Bonchev–Trinajstić information content (AvgIpc) is 2.94. The van der Waals surface area contributed by atoms with E-state index in [4.69, 9.17) is 9.47 Å². The second-order valence-electron chi connectivity index (χ2n) is 11.0. The lowest BCUT2D eigenvalue weighted by molar-refractivity contribution is -0.00828. The molecule has 0 radical (unpaired) electrons. The van der Waals surface area contributed by atoms with Crippen LogP contribution in [0.15, 0.2) is 53.4 Å². The standard InChI is InChI=1S/C29H43N3O8S2/c1-21-18-32(22(2)20-33)29(34)26-17-24(30-42(37,38)25-12-7-6-8-13-25)14-15-27(26)40-23(3)11-9-10-16-39-28(21)19-31(4)41(5,35)36/h6-8,12-15,17,21-23,28,30,33H,9-11,16,18-20H2,1-5H3/t21-,22+,23-,28-/m0/s1. The number of aliphatic hydroxyl groups excluding tert-OH is 1. The zero-order valence-corrected chi connectivity index (χ0v) is 26.5. The van der Waals surface area contributed by atoms with Crippen LogP contribution in [0, 0.1) is 5.92 Å². The minimum absolute atomic E-state index is 0.0794. The lowest BCUT2D eigenvalue weighted by Crippen LogP contribution is -2.47. The summed E-state index contributed by atoms with van der Waals surface area (Å²) in [7, 11) is -5.89. The van der Waals surface area contributed by atoms with Crippen LogP contribution in [-0.4, -0.2) is 94.9 Å². The molecule has 1 aliphatic heterocycles. The van der Waals surface area contributed by atoms with Crippen molar-refractivity contribution in [3.63, 3.8) is 0 Å². The molecular formula is C29H43N3O8S2. The van der Waals surface area contributed by atoms with Crippen LogP contribution in [0.1, 0.15) is 50.4 Å². The lowest BCUT2D eigenvalue weighted by atomic mass is 10.0. The van der Waals surface area contributed by atoms with Crippen molar-refractivity contribution in [1.82, 2.24) is 9.21 Å². The molecule has 0 saturated heterocycles. The Balaban J connectivity index is 2.02. The monoisotopic (exact) mass is 625 g/mol. The lowest BCUT2D eigenvalue weighted by Gasteiger charge is -2.35. The number of anilines is 1. The van der Waals surface area contributed by atoms with Gasteiger partial charge in [0.2, 0.25) is 10.0 Å². The van der Waals surface area contributed by atoms with Crippen molar-refractivity contribution >= 4 is 31.6 Å². The van der Waals surface area contributed by atoms with Gasteiger partial charge < -0.3 is 19.5 Å². The normalized spacial score (nSPS) is 22.1. The number of nitrogens with zero attached hydrogens (tertiary/aromatic N) is 2. The summed E-state index contributed by atoms with van der Waals surface area (Å²) in [5.74, 6) is -0.462. The number of aliphatic hydroxyl groups is 1. The van der Waals surface area contributed by atoms with Gasteiger partial charge in [0.1, 0.15) is 5.75 Å². The highest BCUT2D eigenvalue weighted by Crippen LogP contribution is 2.29. The maximum Gasteiger partial charge on any atom is 0.261 e. The molecule has 0 bridgehead atoms. The van der Waals surface area contributed by atoms with Crippen molar-refractivity contribution in [2.75, 3.05) is 44.3 Å². The zero-order valence-electron chi connectivity index (χ0n) is 24.9. The van der Waals surface area contributed by atoms with E-state index in [1.807, 2.05) is 13.8 Å². The van der Waals surface area contributed by atoms with Crippen molar-refractivity contribution in [2.24, 2.45) is 5.92 Å². The van der Waals surface area contributed by atoms with Gasteiger partial charge in [-0.2, -0.15) is 0 Å². The molecule has 0 fully saturated rings. The van der Waals surface area contributed by atoms with E-state index in [0.717, 1.165) is 19.1 Å². The van der Waals surface area contributed by atoms with Crippen LogP contribution < -0.4 is 9.46 Å². The van der Waals surface area contributed by atoms with E-state index in [9.17, 15) is 26.7 Å². The Labute approximate surface area is 249 Å². The summed E-state index contributed by atoms with van der Waals surface area (Å²) >= 11 is 0. The summed E-state index contributed by atoms with van der Waals surface area (Å²) in [6.45, 7) is 5.84. The first kappa shape index (κ1) is 33.8. The van der Waals surface area contributed by atoms with E-state index in [1.165, 1.54) is 34.5 Å². The van der Waals surface area contributed by atoms with Gasteiger partial charge in [0.15, 0.2) is 0 Å². The Morgan fingerprint density at radius 3 is 2.43 bits per heavy atom. The molecule has 0 spiro atoms. The molecule has 2 aromatic rings. The van der Waals surface area contributed by atoms with Gasteiger partial charge in [-0.05, 0) is 63.4 Å². The number of hydrogen-bond acceptors (Lipinski definition) is 8. The summed E-state index contributed by atoms with van der Waals surface area (Å²) in [6, 6.07) is 11.9. The second-order valence-corrected chi connectivity index (χ2v) is 14.7. The molecule has 4 atom stereocenters. The highest BCUT2D eigenvalue weighted by atomic mass is 32.2. The summed E-state index contributed by atoms with van der Waals surface area (Å²) in [6.07, 6.45) is 2.58. The van der Waals surface area contributed by atoms with Crippen molar-refractivity contribution in [2.45, 2.75) is 63.2 Å². The molecule has 13 heteroatoms. The summed E-state index contributed by atoms with van der Waals surface area (Å²) in [5.41, 5.74) is 0.328. The van der Waals surface area contributed by atoms with E-state index in [1.54, 1.807) is 37.3 Å². The molecule has 1 amide bonds. The largest absolute Gasteiger partial charge is 0.490 e. The molecule has 3 rings (SSSR count). The van der Waals surface area contributed by atoms with Crippen LogP contribution in [0.2, 0.25) is 0 Å². The van der Waals surface area contributed by atoms with Gasteiger partial charge in [-0.15, -0.1) is 0 Å². The molecule has 1 heterocycles. The van der Waals surface area contributed by atoms with Crippen molar-refractivity contribution < 1.29 is 36.2 Å². The number of carbonyl (C=O) groups excluding carboxylic acids is 1. The maximum absolute atomic E-state index is 14.1. The topological polar surface area (TPSA) is 143 Å². The molecule has 234 valence electrons. The summed E-state index contributed by atoms with van der Waals surface area (Å²) < 4.78 is 66.4. The molecule has 1 aliphatic rings. The fourth-order valence-electron chi connectivity index (χ4n) is 4.65. The predicted molar refractivity (Wildman–Crippen MR) is 162 cm³/mol. The highest BCUT2D eigenvalue weighted by Gasteiger charge is 2.31. The van der Waals surface area contributed by atoms with Gasteiger partial charge in [-0.25, -0.2) is 21.1 Å². The van der Waals surface area contributed by atoms with Crippen LogP contribution in [0.5, 0.6) is 5.75 Å². The van der Waals surface area contributed by atoms with E-state index in [0.29, 0.717) is 18.8 Å². The first-order chi connectivity index (χ1) is 19.7. The fraction of sp³-hybridized carbons (Fsp3) is 0.552. The average molecular weight is 626 g/mol. The van der Waals surface area contributed by atoms with E-state index >= 15 is 0 Å². The first-order valence-corrected chi connectivity index (χ1v) is 17.4. The third kappa shape index (κ3) is 9.14. The molecular weight excluding hydrogens is 582 g/mol. The van der Waals surface area contributed by atoms with Crippen LogP contribution in [-0.2, 0) is 24.8 Å². The van der Waals surface area contributed by atoms with Crippen LogP contribution >= 0.6 is 0 Å². The molecule has 11 nitrogen and oxygen atoms in total. The maximum atomic E-state index is 14.1. The quantitative estimate of drug-likeness (QED) is 0.456. The number of benzene rings is 2. The molecule has 0 saturated carbocycles. The van der Waals surface area contributed by atoms with E-state index in [2.05, 4.69) is 4.72 Å². The molecule has 42 heavy (non-hydrogen) atoms. The second kappa shape index (κ2) is 14.6. The number of nitrogens with one attached hydrogen (secondary N) is 1.